The molecule has 0 saturated carbocycles. The number of anilines is 1. The molecule has 4 nitrogen and oxygen atoms in total. The number of aromatic nitrogens is 2. The number of para-hydroxylation sites is 1. The van der Waals surface area contributed by atoms with Crippen LogP contribution in [0.5, 0.6) is 5.75 Å². The molecule has 2 heterocycles. The van der Waals surface area contributed by atoms with Gasteiger partial charge in [0.25, 0.3) is 0 Å². The van der Waals surface area contributed by atoms with Gasteiger partial charge in [0, 0.05) is 5.75 Å². The largest absolute Gasteiger partial charge is 0.491 e. The number of nitrogens with zero attached hydrogens (tertiary/aromatic N) is 2. The van der Waals surface area contributed by atoms with Crippen LogP contribution in [0.1, 0.15) is 0 Å². The summed E-state index contributed by atoms with van der Waals surface area (Å²) in [5.41, 5.74) is 5.91. The predicted molar refractivity (Wildman–Crippen MR) is 89.5 cm³/mol. The lowest BCUT2D eigenvalue weighted by Crippen LogP contribution is -2.02. The number of nitrogen functional groups attached to an aromatic ring is 1. The van der Waals surface area contributed by atoms with E-state index in [1.807, 2.05) is 29.6 Å². The van der Waals surface area contributed by atoms with E-state index in [4.69, 9.17) is 22.1 Å². The molecule has 0 aliphatic heterocycles. The second kappa shape index (κ2) is 6.51. The fourth-order valence-corrected chi connectivity index (χ4v) is 3.46. The second-order valence-electron chi connectivity index (χ2n) is 4.16. The number of benzene rings is 1. The van der Waals surface area contributed by atoms with Crippen LogP contribution < -0.4 is 10.5 Å². The Labute approximate surface area is 135 Å². The number of nitrogens with two attached hydrogens (primary N) is 1. The Hall–Kier alpha value is -1.50. The average molecular weight is 338 g/mol. The van der Waals surface area contributed by atoms with Gasteiger partial charge in [0.1, 0.15) is 16.4 Å². The van der Waals surface area contributed by atoms with Gasteiger partial charge in [-0.3, -0.25) is 0 Å². The SMILES string of the molecule is Nc1nc(SCCOc2ccccc2Cl)nc2sccc12. The zero-order valence-corrected chi connectivity index (χ0v) is 13.3. The van der Waals surface area contributed by atoms with Crippen LogP contribution in [-0.2, 0) is 0 Å². The molecule has 0 atom stereocenters. The molecular formula is C14H12ClN3OS2. The molecule has 0 spiro atoms. The van der Waals surface area contributed by atoms with E-state index in [9.17, 15) is 0 Å². The summed E-state index contributed by atoms with van der Waals surface area (Å²) in [5.74, 6) is 1.94. The van der Waals surface area contributed by atoms with E-state index in [1.54, 1.807) is 17.4 Å². The summed E-state index contributed by atoms with van der Waals surface area (Å²) in [4.78, 5) is 9.67. The Morgan fingerprint density at radius 3 is 2.95 bits per heavy atom. The summed E-state index contributed by atoms with van der Waals surface area (Å²) in [6, 6.07) is 9.35. The molecule has 1 aromatic carbocycles. The predicted octanol–water partition coefficient (Wildman–Crippen LogP) is 4.10. The second-order valence-corrected chi connectivity index (χ2v) is 6.52. The molecule has 3 aromatic rings. The van der Waals surface area contributed by atoms with Crippen LogP contribution in [0.25, 0.3) is 10.2 Å². The van der Waals surface area contributed by atoms with Crippen LogP contribution in [0.2, 0.25) is 5.02 Å². The quantitative estimate of drug-likeness (QED) is 0.431. The van der Waals surface area contributed by atoms with Crippen molar-refractivity contribution in [3.8, 4) is 5.75 Å². The highest BCUT2D eigenvalue weighted by atomic mass is 35.5. The van der Waals surface area contributed by atoms with Crippen molar-refractivity contribution in [1.82, 2.24) is 9.97 Å². The molecule has 7 heteroatoms. The van der Waals surface area contributed by atoms with E-state index in [0.717, 1.165) is 16.0 Å². The minimum atomic E-state index is 0.524. The number of halogens is 1. The standard InChI is InChI=1S/C14H12ClN3OS2/c15-10-3-1-2-4-11(10)19-6-8-21-14-17-12(16)9-5-7-20-13(9)18-14/h1-5,7H,6,8H2,(H2,16,17,18). The average Bonchev–Trinajstić information content (AvgIpc) is 2.94. The maximum atomic E-state index is 6.02. The molecule has 0 fully saturated rings. The maximum Gasteiger partial charge on any atom is 0.191 e. The third-order valence-electron chi connectivity index (χ3n) is 2.74. The Kier molecular flexibility index (Phi) is 4.48. The summed E-state index contributed by atoms with van der Waals surface area (Å²) in [7, 11) is 0. The number of hydrogen-bond donors (Lipinski definition) is 1. The Morgan fingerprint density at radius 1 is 1.24 bits per heavy atom. The van der Waals surface area contributed by atoms with Gasteiger partial charge >= 0.3 is 0 Å². The molecule has 0 saturated heterocycles. The van der Waals surface area contributed by atoms with Crippen LogP contribution in [0.15, 0.2) is 40.9 Å². The van der Waals surface area contributed by atoms with E-state index in [-0.39, 0.29) is 0 Å². The summed E-state index contributed by atoms with van der Waals surface area (Å²) >= 11 is 9.10. The van der Waals surface area contributed by atoms with Crippen LogP contribution in [-0.4, -0.2) is 22.3 Å². The Bertz CT molecular complexity index is 763. The summed E-state index contributed by atoms with van der Waals surface area (Å²) in [5, 5.41) is 4.16. The van der Waals surface area contributed by atoms with Gasteiger partial charge in [0.15, 0.2) is 5.16 Å². The molecule has 0 aliphatic carbocycles. The van der Waals surface area contributed by atoms with Gasteiger partial charge in [-0.05, 0) is 23.6 Å². The van der Waals surface area contributed by atoms with Crippen molar-refractivity contribution < 1.29 is 4.74 Å². The van der Waals surface area contributed by atoms with Gasteiger partial charge in [-0.1, -0.05) is 35.5 Å². The van der Waals surface area contributed by atoms with Crippen molar-refractivity contribution in [3.05, 3.63) is 40.7 Å². The van der Waals surface area contributed by atoms with Crippen molar-refractivity contribution in [2.75, 3.05) is 18.1 Å². The van der Waals surface area contributed by atoms with E-state index < -0.39 is 0 Å². The number of thiophene rings is 1. The normalized spacial score (nSPS) is 10.9. The van der Waals surface area contributed by atoms with E-state index in [0.29, 0.717) is 28.4 Å². The van der Waals surface area contributed by atoms with Gasteiger partial charge < -0.3 is 10.5 Å². The molecule has 0 unspecified atom stereocenters. The smallest absolute Gasteiger partial charge is 0.191 e. The first-order chi connectivity index (χ1) is 10.2. The lowest BCUT2D eigenvalue weighted by Gasteiger charge is -2.07. The van der Waals surface area contributed by atoms with Crippen LogP contribution in [0, 0.1) is 0 Å². The van der Waals surface area contributed by atoms with Crippen molar-refractivity contribution >= 4 is 50.7 Å². The van der Waals surface area contributed by atoms with Crippen molar-refractivity contribution in [1.29, 1.82) is 0 Å². The highest BCUT2D eigenvalue weighted by molar-refractivity contribution is 7.99. The first-order valence-corrected chi connectivity index (χ1v) is 8.49. The van der Waals surface area contributed by atoms with Crippen LogP contribution in [0.3, 0.4) is 0 Å². The highest BCUT2D eigenvalue weighted by Crippen LogP contribution is 2.27. The van der Waals surface area contributed by atoms with Crippen LogP contribution >= 0.6 is 34.7 Å². The summed E-state index contributed by atoms with van der Waals surface area (Å²) < 4.78 is 5.62. The molecule has 2 aromatic heterocycles. The van der Waals surface area contributed by atoms with Gasteiger partial charge in [0.05, 0.1) is 17.0 Å². The molecular weight excluding hydrogens is 326 g/mol. The topological polar surface area (TPSA) is 61.0 Å². The number of thioether (sulfide) groups is 1. The van der Waals surface area contributed by atoms with Crippen molar-refractivity contribution in [2.24, 2.45) is 0 Å². The van der Waals surface area contributed by atoms with Crippen LogP contribution in [0.4, 0.5) is 5.82 Å². The molecule has 0 bridgehead atoms. The first kappa shape index (κ1) is 14.4. The molecule has 3 rings (SSSR count). The van der Waals surface area contributed by atoms with E-state index in [1.165, 1.54) is 11.8 Å². The van der Waals surface area contributed by atoms with E-state index >= 15 is 0 Å². The molecule has 21 heavy (non-hydrogen) atoms. The van der Waals surface area contributed by atoms with Gasteiger partial charge in [0.2, 0.25) is 0 Å². The molecule has 108 valence electrons. The highest BCUT2D eigenvalue weighted by Gasteiger charge is 2.07. The van der Waals surface area contributed by atoms with Crippen molar-refractivity contribution in [2.45, 2.75) is 5.16 Å². The minimum absolute atomic E-state index is 0.524. The van der Waals surface area contributed by atoms with Crippen molar-refractivity contribution in [3.63, 3.8) is 0 Å². The molecule has 0 amide bonds. The van der Waals surface area contributed by atoms with Gasteiger partial charge in [-0.25, -0.2) is 9.97 Å². The third-order valence-corrected chi connectivity index (χ3v) is 4.67. The Morgan fingerprint density at radius 2 is 2.10 bits per heavy atom. The summed E-state index contributed by atoms with van der Waals surface area (Å²) in [6.07, 6.45) is 0. The first-order valence-electron chi connectivity index (χ1n) is 6.25. The molecule has 0 aliphatic rings. The molecule has 2 N–H and O–H groups in total. The Balaban J connectivity index is 1.58. The lowest BCUT2D eigenvalue weighted by atomic mass is 10.3. The number of ether oxygens (including phenoxy) is 1. The molecule has 0 radical (unpaired) electrons. The number of rotatable bonds is 5. The fourth-order valence-electron chi connectivity index (χ4n) is 1.77. The fraction of sp³-hybridized carbons (Fsp3) is 0.143. The van der Waals surface area contributed by atoms with Gasteiger partial charge in [-0.15, -0.1) is 11.3 Å². The lowest BCUT2D eigenvalue weighted by molar-refractivity contribution is 0.344. The zero-order valence-electron chi connectivity index (χ0n) is 11.0. The van der Waals surface area contributed by atoms with E-state index in [2.05, 4.69) is 9.97 Å². The maximum absolute atomic E-state index is 6.02. The monoisotopic (exact) mass is 337 g/mol. The summed E-state index contributed by atoms with van der Waals surface area (Å²) in [6.45, 7) is 0.528. The third kappa shape index (κ3) is 3.40. The number of hydrogen-bond acceptors (Lipinski definition) is 6. The minimum Gasteiger partial charge on any atom is -0.491 e. The van der Waals surface area contributed by atoms with Gasteiger partial charge in [-0.2, -0.15) is 0 Å². The zero-order chi connectivity index (χ0) is 14.7. The number of fused-ring (bicyclic) bond motifs is 1.